The summed E-state index contributed by atoms with van der Waals surface area (Å²) in [5.41, 5.74) is 7.61. The van der Waals surface area contributed by atoms with Crippen molar-refractivity contribution >= 4 is 33.1 Å². The van der Waals surface area contributed by atoms with Gasteiger partial charge in [-0.3, -0.25) is 4.79 Å². The zero-order valence-electron chi connectivity index (χ0n) is 12.4. The molecule has 0 fully saturated rings. The lowest BCUT2D eigenvalue weighted by Gasteiger charge is -2.24. The fraction of sp³-hybridized carbons (Fsp3) is 0.467. The van der Waals surface area contributed by atoms with Gasteiger partial charge in [0.15, 0.2) is 0 Å². The SMILES string of the molecule is CCCC(C)N(C)C(=O)c1sc2nc(C)ccc2c1N. The highest BCUT2D eigenvalue weighted by Crippen LogP contribution is 2.33. The Balaban J connectivity index is 2.37. The summed E-state index contributed by atoms with van der Waals surface area (Å²) >= 11 is 1.38. The molecule has 0 aliphatic rings. The van der Waals surface area contributed by atoms with Crippen LogP contribution in [0.1, 0.15) is 42.1 Å². The Kier molecular flexibility index (Phi) is 4.28. The molecule has 5 heteroatoms. The van der Waals surface area contributed by atoms with E-state index in [1.54, 1.807) is 4.90 Å². The topological polar surface area (TPSA) is 59.2 Å². The molecule has 0 aliphatic heterocycles. The second-order valence-electron chi connectivity index (χ2n) is 5.20. The Morgan fingerprint density at radius 2 is 2.20 bits per heavy atom. The predicted octanol–water partition coefficient (Wildman–Crippen LogP) is 3.45. The first kappa shape index (κ1) is 14.8. The lowest BCUT2D eigenvalue weighted by atomic mass is 10.1. The summed E-state index contributed by atoms with van der Waals surface area (Å²) in [7, 11) is 1.84. The van der Waals surface area contributed by atoms with E-state index in [9.17, 15) is 4.79 Å². The number of carbonyl (C=O) groups is 1. The molecule has 0 spiro atoms. The first-order valence-corrected chi connectivity index (χ1v) is 7.70. The standard InChI is InChI=1S/C15H21N3OS/c1-5-6-10(3)18(4)15(19)13-12(16)11-8-7-9(2)17-14(11)20-13/h7-8,10H,5-6,16H2,1-4H3. The van der Waals surface area contributed by atoms with Crippen LogP contribution in [0.3, 0.4) is 0 Å². The summed E-state index contributed by atoms with van der Waals surface area (Å²) in [5.74, 6) is -0.0101. The molecule has 0 aliphatic carbocycles. The van der Waals surface area contributed by atoms with Crippen molar-refractivity contribution < 1.29 is 4.79 Å². The Hall–Kier alpha value is -1.62. The third kappa shape index (κ3) is 2.63. The average molecular weight is 291 g/mol. The Morgan fingerprint density at radius 3 is 2.85 bits per heavy atom. The molecule has 1 unspecified atom stereocenters. The number of hydrogen-bond acceptors (Lipinski definition) is 4. The summed E-state index contributed by atoms with van der Waals surface area (Å²) in [6.07, 6.45) is 2.05. The molecular formula is C15H21N3OS. The minimum Gasteiger partial charge on any atom is -0.397 e. The van der Waals surface area contributed by atoms with Gasteiger partial charge < -0.3 is 10.6 Å². The van der Waals surface area contributed by atoms with Crippen molar-refractivity contribution in [1.82, 2.24) is 9.88 Å². The molecule has 2 N–H and O–H groups in total. The average Bonchev–Trinajstić information content (AvgIpc) is 2.74. The van der Waals surface area contributed by atoms with E-state index in [4.69, 9.17) is 5.73 Å². The molecule has 2 heterocycles. The number of nitrogens with zero attached hydrogens (tertiary/aromatic N) is 2. The maximum atomic E-state index is 12.6. The third-order valence-corrected chi connectivity index (χ3v) is 4.72. The van der Waals surface area contributed by atoms with Crippen LogP contribution < -0.4 is 5.73 Å². The zero-order valence-corrected chi connectivity index (χ0v) is 13.3. The second kappa shape index (κ2) is 5.79. The molecule has 108 valence electrons. The van der Waals surface area contributed by atoms with E-state index in [0.29, 0.717) is 10.6 Å². The van der Waals surface area contributed by atoms with Gasteiger partial charge in [0.25, 0.3) is 5.91 Å². The molecule has 2 aromatic heterocycles. The number of aryl methyl sites for hydroxylation is 1. The summed E-state index contributed by atoms with van der Waals surface area (Å²) in [4.78, 5) is 20.2. The summed E-state index contributed by atoms with van der Waals surface area (Å²) < 4.78 is 0. The van der Waals surface area contributed by atoms with Crippen molar-refractivity contribution in [3.05, 3.63) is 22.7 Å². The van der Waals surface area contributed by atoms with Gasteiger partial charge in [0.2, 0.25) is 0 Å². The number of anilines is 1. The molecular weight excluding hydrogens is 270 g/mol. The number of pyridine rings is 1. The predicted molar refractivity (Wildman–Crippen MR) is 85.2 cm³/mol. The molecule has 0 radical (unpaired) electrons. The maximum Gasteiger partial charge on any atom is 0.266 e. The number of fused-ring (bicyclic) bond motifs is 1. The fourth-order valence-electron chi connectivity index (χ4n) is 2.22. The van der Waals surface area contributed by atoms with E-state index in [1.165, 1.54) is 11.3 Å². The molecule has 20 heavy (non-hydrogen) atoms. The van der Waals surface area contributed by atoms with Crippen LogP contribution in [0.15, 0.2) is 12.1 Å². The molecule has 0 saturated carbocycles. The maximum absolute atomic E-state index is 12.6. The van der Waals surface area contributed by atoms with Gasteiger partial charge in [0.05, 0.1) is 5.69 Å². The third-order valence-electron chi connectivity index (χ3n) is 3.62. The molecule has 0 saturated heterocycles. The van der Waals surface area contributed by atoms with Crippen molar-refractivity contribution in [3.8, 4) is 0 Å². The molecule has 4 nitrogen and oxygen atoms in total. The Labute approximate surface area is 123 Å². The van der Waals surface area contributed by atoms with Gasteiger partial charge >= 0.3 is 0 Å². The molecule has 1 atom stereocenters. The van der Waals surface area contributed by atoms with E-state index in [-0.39, 0.29) is 11.9 Å². The van der Waals surface area contributed by atoms with Crippen LogP contribution in [0, 0.1) is 6.92 Å². The number of amides is 1. The lowest BCUT2D eigenvalue weighted by Crippen LogP contribution is -2.34. The van der Waals surface area contributed by atoms with Gasteiger partial charge in [-0.05, 0) is 32.4 Å². The van der Waals surface area contributed by atoms with Crippen molar-refractivity contribution in [1.29, 1.82) is 0 Å². The minimum atomic E-state index is -0.0101. The zero-order chi connectivity index (χ0) is 14.9. The van der Waals surface area contributed by atoms with Gasteiger partial charge in [-0.15, -0.1) is 11.3 Å². The summed E-state index contributed by atoms with van der Waals surface area (Å²) in [6, 6.07) is 4.07. The first-order valence-electron chi connectivity index (χ1n) is 6.88. The van der Waals surface area contributed by atoms with E-state index in [1.807, 2.05) is 26.1 Å². The number of rotatable bonds is 4. The van der Waals surface area contributed by atoms with Crippen LogP contribution in [-0.4, -0.2) is 28.9 Å². The first-order chi connectivity index (χ1) is 9.45. The van der Waals surface area contributed by atoms with Crippen LogP contribution in [0.2, 0.25) is 0 Å². The molecule has 0 aromatic carbocycles. The quantitative estimate of drug-likeness (QED) is 0.938. The highest BCUT2D eigenvalue weighted by Gasteiger charge is 2.23. The lowest BCUT2D eigenvalue weighted by molar-refractivity contribution is 0.0742. The molecule has 1 amide bonds. The highest BCUT2D eigenvalue weighted by molar-refractivity contribution is 7.21. The van der Waals surface area contributed by atoms with Crippen molar-refractivity contribution in [2.24, 2.45) is 0 Å². The number of hydrogen-bond donors (Lipinski definition) is 1. The van der Waals surface area contributed by atoms with Crippen LogP contribution >= 0.6 is 11.3 Å². The van der Waals surface area contributed by atoms with E-state index in [2.05, 4.69) is 18.8 Å². The number of nitrogens with two attached hydrogens (primary N) is 1. The van der Waals surface area contributed by atoms with Crippen molar-refractivity contribution in [3.63, 3.8) is 0 Å². The van der Waals surface area contributed by atoms with Gasteiger partial charge in [0.1, 0.15) is 9.71 Å². The number of carbonyl (C=O) groups excluding carboxylic acids is 1. The largest absolute Gasteiger partial charge is 0.397 e. The van der Waals surface area contributed by atoms with Crippen LogP contribution in [-0.2, 0) is 0 Å². The molecule has 0 bridgehead atoms. The minimum absolute atomic E-state index is 0.0101. The smallest absolute Gasteiger partial charge is 0.266 e. The van der Waals surface area contributed by atoms with Crippen molar-refractivity contribution in [2.45, 2.75) is 39.7 Å². The number of nitrogen functional groups attached to an aromatic ring is 1. The van der Waals surface area contributed by atoms with Gasteiger partial charge in [-0.2, -0.15) is 0 Å². The Morgan fingerprint density at radius 1 is 1.50 bits per heavy atom. The van der Waals surface area contributed by atoms with Gasteiger partial charge in [0, 0.05) is 24.2 Å². The van der Waals surface area contributed by atoms with Gasteiger partial charge in [-0.25, -0.2) is 4.98 Å². The van der Waals surface area contributed by atoms with Gasteiger partial charge in [-0.1, -0.05) is 13.3 Å². The van der Waals surface area contributed by atoms with Crippen LogP contribution in [0.25, 0.3) is 10.2 Å². The monoisotopic (exact) mass is 291 g/mol. The van der Waals surface area contributed by atoms with E-state index < -0.39 is 0 Å². The molecule has 2 rings (SSSR count). The van der Waals surface area contributed by atoms with Crippen LogP contribution in [0.4, 0.5) is 5.69 Å². The van der Waals surface area contributed by atoms with Crippen LogP contribution in [0.5, 0.6) is 0 Å². The number of thiophene rings is 1. The van der Waals surface area contributed by atoms with E-state index >= 15 is 0 Å². The Bertz CT molecular complexity index is 635. The fourth-order valence-corrected chi connectivity index (χ4v) is 3.34. The normalized spacial score (nSPS) is 12.6. The molecule has 2 aromatic rings. The number of aromatic nitrogens is 1. The van der Waals surface area contributed by atoms with Crippen molar-refractivity contribution in [2.75, 3.05) is 12.8 Å². The summed E-state index contributed by atoms with van der Waals surface area (Å²) in [5, 5.41) is 0.875. The van der Waals surface area contributed by atoms with E-state index in [0.717, 1.165) is 28.8 Å². The highest BCUT2D eigenvalue weighted by atomic mass is 32.1. The second-order valence-corrected chi connectivity index (χ2v) is 6.20. The summed E-state index contributed by atoms with van der Waals surface area (Å²) in [6.45, 7) is 6.12.